The summed E-state index contributed by atoms with van der Waals surface area (Å²) in [6.45, 7) is 0.671. The summed E-state index contributed by atoms with van der Waals surface area (Å²) in [5.74, 6) is -0.138. The van der Waals surface area contributed by atoms with E-state index >= 15 is 0 Å². The number of rotatable bonds is 4. The number of anilines is 1. The second kappa shape index (κ2) is 5.81. The van der Waals surface area contributed by atoms with Gasteiger partial charge in [0.25, 0.3) is 0 Å². The molecule has 1 saturated heterocycles. The average Bonchev–Trinajstić information content (AvgIpc) is 2.41. The highest BCUT2D eigenvalue weighted by Crippen LogP contribution is 2.22. The minimum atomic E-state index is -0.0769. The normalized spacial score (nSPS) is 16.1. The number of amides is 2. The van der Waals surface area contributed by atoms with E-state index in [9.17, 15) is 9.59 Å². The van der Waals surface area contributed by atoms with Crippen molar-refractivity contribution in [3.05, 3.63) is 29.8 Å². The number of benzene rings is 1. The maximum atomic E-state index is 12.1. The summed E-state index contributed by atoms with van der Waals surface area (Å²) in [7, 11) is 3.17. The van der Waals surface area contributed by atoms with Crippen LogP contribution in [0.5, 0.6) is 0 Å². The lowest BCUT2D eigenvalue weighted by Crippen LogP contribution is -2.52. The molecule has 19 heavy (non-hydrogen) atoms. The molecule has 0 spiro atoms. The van der Waals surface area contributed by atoms with Crippen molar-refractivity contribution >= 4 is 17.5 Å². The summed E-state index contributed by atoms with van der Waals surface area (Å²) in [4.78, 5) is 31.6. The van der Waals surface area contributed by atoms with Gasteiger partial charge in [0.1, 0.15) is 6.54 Å². The monoisotopic (exact) mass is 263 g/mol. The summed E-state index contributed by atoms with van der Waals surface area (Å²) in [6.07, 6.45) is 0. The van der Waals surface area contributed by atoms with Crippen LogP contribution in [-0.4, -0.2) is 44.0 Å². The van der Waals surface area contributed by atoms with Gasteiger partial charge in [0.2, 0.25) is 11.8 Å². The molecule has 0 saturated carbocycles. The Labute approximate surface area is 111 Å². The molecule has 1 N–H and O–H groups in total. The van der Waals surface area contributed by atoms with Crippen molar-refractivity contribution in [3.8, 4) is 0 Å². The zero-order valence-corrected chi connectivity index (χ0v) is 11.0. The van der Waals surface area contributed by atoms with Crippen LogP contribution >= 0.6 is 0 Å². The van der Waals surface area contributed by atoms with Gasteiger partial charge in [-0.15, -0.1) is 0 Å². The molecule has 1 fully saturated rings. The third-order valence-corrected chi connectivity index (χ3v) is 3.08. The second-order valence-electron chi connectivity index (χ2n) is 4.38. The van der Waals surface area contributed by atoms with E-state index in [0.717, 1.165) is 11.3 Å². The number of nitrogens with zero attached hydrogens (tertiary/aromatic N) is 2. The number of carbonyl (C=O) groups is 2. The first-order chi connectivity index (χ1) is 9.13. The van der Waals surface area contributed by atoms with Gasteiger partial charge < -0.3 is 14.6 Å². The van der Waals surface area contributed by atoms with Gasteiger partial charge in [-0.05, 0) is 11.6 Å². The number of hydroxylamine groups is 1. The topological polar surface area (TPSA) is 61.9 Å². The van der Waals surface area contributed by atoms with Gasteiger partial charge >= 0.3 is 0 Å². The van der Waals surface area contributed by atoms with Crippen LogP contribution in [0.3, 0.4) is 0 Å². The third kappa shape index (κ3) is 2.91. The minimum absolute atomic E-state index is 0.0610. The van der Waals surface area contributed by atoms with Gasteiger partial charge in [-0.25, -0.2) is 0 Å². The zero-order valence-electron chi connectivity index (χ0n) is 11.0. The standard InChI is InChI=1S/C13H17N3O3/c1-15-8-13(18)16(9-12(15)17)11-6-4-3-5-10(11)7-14-19-2/h3-6,14H,7-9H2,1-2H3. The lowest BCUT2D eigenvalue weighted by molar-refractivity contribution is -0.136. The maximum Gasteiger partial charge on any atom is 0.247 e. The molecule has 1 aromatic rings. The zero-order chi connectivity index (χ0) is 13.8. The number of likely N-dealkylation sites (N-methyl/N-ethyl adjacent to an activating group) is 1. The minimum Gasteiger partial charge on any atom is -0.335 e. The first-order valence-electron chi connectivity index (χ1n) is 6.01. The molecule has 1 aliphatic rings. The molecule has 1 aromatic carbocycles. The summed E-state index contributed by atoms with van der Waals surface area (Å²) in [5.41, 5.74) is 4.41. The lowest BCUT2D eigenvalue weighted by atomic mass is 10.1. The fourth-order valence-corrected chi connectivity index (χ4v) is 2.01. The molecule has 0 radical (unpaired) electrons. The summed E-state index contributed by atoms with van der Waals surface area (Å²) < 4.78 is 0. The van der Waals surface area contributed by atoms with Crippen LogP contribution in [0.15, 0.2) is 24.3 Å². The predicted molar refractivity (Wildman–Crippen MR) is 70.3 cm³/mol. The van der Waals surface area contributed by atoms with Crippen molar-refractivity contribution < 1.29 is 14.4 Å². The van der Waals surface area contributed by atoms with Crippen LogP contribution in [0, 0.1) is 0 Å². The Kier molecular flexibility index (Phi) is 4.13. The molecule has 0 atom stereocenters. The molecule has 2 rings (SSSR count). The summed E-state index contributed by atoms with van der Waals surface area (Å²) >= 11 is 0. The van der Waals surface area contributed by atoms with Crippen LogP contribution in [0.2, 0.25) is 0 Å². The number of hydrogen-bond donors (Lipinski definition) is 1. The van der Waals surface area contributed by atoms with E-state index in [1.54, 1.807) is 7.05 Å². The van der Waals surface area contributed by atoms with E-state index in [4.69, 9.17) is 4.84 Å². The van der Waals surface area contributed by atoms with E-state index < -0.39 is 0 Å². The first-order valence-corrected chi connectivity index (χ1v) is 6.01. The number of para-hydroxylation sites is 1. The molecule has 1 heterocycles. The van der Waals surface area contributed by atoms with Crippen molar-refractivity contribution in [2.75, 3.05) is 32.1 Å². The lowest BCUT2D eigenvalue weighted by Gasteiger charge is -2.32. The Morgan fingerprint density at radius 3 is 2.68 bits per heavy atom. The van der Waals surface area contributed by atoms with Crippen LogP contribution < -0.4 is 10.4 Å². The number of carbonyl (C=O) groups excluding carboxylic acids is 2. The van der Waals surface area contributed by atoms with Gasteiger partial charge in [-0.3, -0.25) is 9.59 Å². The molecule has 6 nitrogen and oxygen atoms in total. The number of piperazine rings is 1. The Morgan fingerprint density at radius 2 is 1.95 bits per heavy atom. The van der Waals surface area contributed by atoms with E-state index in [1.165, 1.54) is 16.9 Å². The molecule has 2 amide bonds. The number of nitrogens with one attached hydrogen (secondary N) is 1. The highest BCUT2D eigenvalue weighted by molar-refractivity contribution is 6.04. The Morgan fingerprint density at radius 1 is 1.21 bits per heavy atom. The molecule has 0 bridgehead atoms. The van der Waals surface area contributed by atoms with Crippen molar-refractivity contribution in [2.24, 2.45) is 0 Å². The Balaban J connectivity index is 2.25. The van der Waals surface area contributed by atoms with E-state index in [2.05, 4.69) is 5.48 Å². The molecule has 0 aliphatic carbocycles. The molecule has 0 aromatic heterocycles. The van der Waals surface area contributed by atoms with Gasteiger partial charge in [0, 0.05) is 19.3 Å². The fraction of sp³-hybridized carbons (Fsp3) is 0.385. The molecule has 0 unspecified atom stereocenters. The van der Waals surface area contributed by atoms with E-state index in [-0.39, 0.29) is 24.9 Å². The van der Waals surface area contributed by atoms with Crippen molar-refractivity contribution in [3.63, 3.8) is 0 Å². The Hall–Kier alpha value is -1.92. The predicted octanol–water partition coefficient (Wildman–Crippen LogP) is 0.143. The quantitative estimate of drug-likeness (QED) is 0.785. The van der Waals surface area contributed by atoms with Crippen molar-refractivity contribution in [1.82, 2.24) is 10.4 Å². The molecular formula is C13H17N3O3. The number of hydrogen-bond acceptors (Lipinski definition) is 4. The van der Waals surface area contributed by atoms with E-state index in [1.807, 2.05) is 24.3 Å². The Bertz CT molecular complexity index is 490. The van der Waals surface area contributed by atoms with Gasteiger partial charge in [0.15, 0.2) is 0 Å². The van der Waals surface area contributed by atoms with Gasteiger partial charge in [-0.2, -0.15) is 5.48 Å². The van der Waals surface area contributed by atoms with E-state index in [0.29, 0.717) is 6.54 Å². The summed E-state index contributed by atoms with van der Waals surface area (Å²) in [5, 5.41) is 0. The highest BCUT2D eigenvalue weighted by atomic mass is 16.6. The summed E-state index contributed by atoms with van der Waals surface area (Å²) in [6, 6.07) is 7.47. The molecular weight excluding hydrogens is 246 g/mol. The largest absolute Gasteiger partial charge is 0.335 e. The van der Waals surface area contributed by atoms with Crippen molar-refractivity contribution in [2.45, 2.75) is 6.54 Å². The highest BCUT2D eigenvalue weighted by Gasteiger charge is 2.29. The smallest absolute Gasteiger partial charge is 0.247 e. The molecule has 1 aliphatic heterocycles. The molecule has 6 heteroatoms. The van der Waals surface area contributed by atoms with Gasteiger partial charge in [-0.1, -0.05) is 18.2 Å². The van der Waals surface area contributed by atoms with Crippen LogP contribution in [0.25, 0.3) is 0 Å². The van der Waals surface area contributed by atoms with Crippen LogP contribution in [0.1, 0.15) is 5.56 Å². The average molecular weight is 263 g/mol. The van der Waals surface area contributed by atoms with Crippen molar-refractivity contribution in [1.29, 1.82) is 0 Å². The SMILES string of the molecule is CONCc1ccccc1N1CC(=O)N(C)CC1=O. The van der Waals surface area contributed by atoms with Crippen LogP contribution in [0.4, 0.5) is 5.69 Å². The third-order valence-electron chi connectivity index (χ3n) is 3.08. The van der Waals surface area contributed by atoms with Gasteiger partial charge in [0.05, 0.1) is 13.7 Å². The fourth-order valence-electron chi connectivity index (χ4n) is 2.01. The second-order valence-corrected chi connectivity index (χ2v) is 4.38. The van der Waals surface area contributed by atoms with Crippen LogP contribution in [-0.2, 0) is 21.0 Å². The maximum absolute atomic E-state index is 12.1. The molecule has 102 valence electrons. The first kappa shape index (κ1) is 13.5.